The van der Waals surface area contributed by atoms with Gasteiger partial charge in [0.25, 0.3) is 0 Å². The second-order valence-electron chi connectivity index (χ2n) is 5.30. The topological polar surface area (TPSA) is 20.2 Å². The maximum absolute atomic E-state index is 10.8. The highest BCUT2D eigenvalue weighted by Crippen LogP contribution is 2.39. The van der Waals surface area contributed by atoms with E-state index in [1.165, 1.54) is 24.8 Å². The third-order valence-electron chi connectivity index (χ3n) is 4.03. The number of hydrogen-bond acceptors (Lipinski definition) is 2. The summed E-state index contributed by atoms with van der Waals surface area (Å²) in [6.07, 6.45) is 3.94. The smallest absolute Gasteiger partial charge is 0.121 e. The second kappa shape index (κ2) is 4.52. The van der Waals surface area contributed by atoms with Gasteiger partial charge in [0.1, 0.15) is 5.60 Å². The Hall–Kier alpha value is -1.12. The molecule has 0 bridgehead atoms. The van der Waals surface area contributed by atoms with Crippen LogP contribution >= 0.6 is 11.3 Å². The molecular weight excluding hydrogens is 240 g/mol. The van der Waals surface area contributed by atoms with E-state index in [-0.39, 0.29) is 0 Å². The van der Waals surface area contributed by atoms with Gasteiger partial charge in [0.15, 0.2) is 0 Å². The van der Waals surface area contributed by atoms with Crippen LogP contribution in [0.15, 0.2) is 41.8 Å². The summed E-state index contributed by atoms with van der Waals surface area (Å²) in [7, 11) is 0. The number of thiophene rings is 1. The Morgan fingerprint density at radius 1 is 1.22 bits per heavy atom. The van der Waals surface area contributed by atoms with E-state index in [0.717, 1.165) is 10.4 Å². The molecule has 18 heavy (non-hydrogen) atoms. The summed E-state index contributed by atoms with van der Waals surface area (Å²) in [5, 5.41) is 12.8. The molecule has 0 aliphatic heterocycles. The molecule has 94 valence electrons. The third-order valence-corrected chi connectivity index (χ3v) is 5.11. The molecule has 0 amide bonds. The van der Waals surface area contributed by atoms with Crippen LogP contribution in [0.4, 0.5) is 0 Å². The molecule has 1 aliphatic rings. The predicted octanol–water partition coefficient (Wildman–Crippen LogP) is 4.27. The zero-order valence-electron chi connectivity index (χ0n) is 10.6. The molecule has 1 atom stereocenters. The quantitative estimate of drug-likeness (QED) is 0.871. The molecule has 1 aromatic carbocycles. The van der Waals surface area contributed by atoms with Gasteiger partial charge < -0.3 is 5.11 Å². The predicted molar refractivity (Wildman–Crippen MR) is 76.0 cm³/mol. The molecule has 3 rings (SSSR count). The SMILES string of the molecule is CC(O)(c1cccc(C2CCC2)c1)c1cccs1. The molecule has 1 heterocycles. The molecule has 2 heteroatoms. The summed E-state index contributed by atoms with van der Waals surface area (Å²) in [6, 6.07) is 12.5. The minimum Gasteiger partial charge on any atom is -0.380 e. The van der Waals surface area contributed by atoms with Gasteiger partial charge in [-0.25, -0.2) is 0 Å². The van der Waals surface area contributed by atoms with Crippen LogP contribution in [0.2, 0.25) is 0 Å². The highest BCUT2D eigenvalue weighted by atomic mass is 32.1. The zero-order chi connectivity index (χ0) is 12.6. The highest BCUT2D eigenvalue weighted by Gasteiger charge is 2.28. The molecule has 2 aromatic rings. The molecule has 0 saturated heterocycles. The van der Waals surface area contributed by atoms with Crippen LogP contribution in [0, 0.1) is 0 Å². The van der Waals surface area contributed by atoms with Crippen molar-refractivity contribution in [3.63, 3.8) is 0 Å². The first-order valence-corrected chi connectivity index (χ1v) is 7.42. The standard InChI is InChI=1S/C16H18OS/c1-16(17,15-9-4-10-18-15)14-8-3-7-13(11-14)12-5-2-6-12/h3-4,7-12,17H,2,5-6H2,1H3. The van der Waals surface area contributed by atoms with Gasteiger partial charge in [-0.3, -0.25) is 0 Å². The summed E-state index contributed by atoms with van der Waals surface area (Å²) in [4.78, 5) is 1.01. The monoisotopic (exact) mass is 258 g/mol. The number of rotatable bonds is 3. The largest absolute Gasteiger partial charge is 0.380 e. The summed E-state index contributed by atoms with van der Waals surface area (Å²) in [5.74, 6) is 0.712. The van der Waals surface area contributed by atoms with Crippen LogP contribution in [0.25, 0.3) is 0 Å². The van der Waals surface area contributed by atoms with Crippen LogP contribution in [0.1, 0.15) is 48.1 Å². The van der Waals surface area contributed by atoms with Crippen molar-refractivity contribution in [3.05, 3.63) is 57.8 Å². The van der Waals surface area contributed by atoms with E-state index in [0.29, 0.717) is 5.92 Å². The first-order valence-electron chi connectivity index (χ1n) is 6.55. The van der Waals surface area contributed by atoms with Gasteiger partial charge >= 0.3 is 0 Å². The summed E-state index contributed by atoms with van der Waals surface area (Å²) < 4.78 is 0. The van der Waals surface area contributed by atoms with Crippen molar-refractivity contribution >= 4 is 11.3 Å². The number of hydrogen-bond donors (Lipinski definition) is 1. The van der Waals surface area contributed by atoms with E-state index < -0.39 is 5.60 Å². The molecule has 1 nitrogen and oxygen atoms in total. The Bertz CT molecular complexity index is 524. The van der Waals surface area contributed by atoms with Gasteiger partial charge in [-0.1, -0.05) is 36.8 Å². The van der Waals surface area contributed by atoms with E-state index in [1.54, 1.807) is 11.3 Å². The second-order valence-corrected chi connectivity index (χ2v) is 6.25. The minimum atomic E-state index is -0.867. The van der Waals surface area contributed by atoms with E-state index in [4.69, 9.17) is 0 Å². The lowest BCUT2D eigenvalue weighted by atomic mass is 9.78. The average molecular weight is 258 g/mol. The normalized spacial score (nSPS) is 19.2. The summed E-state index contributed by atoms with van der Waals surface area (Å²) in [6.45, 7) is 1.89. The fourth-order valence-corrected chi connectivity index (χ4v) is 3.34. The molecule has 1 unspecified atom stereocenters. The van der Waals surface area contributed by atoms with E-state index in [1.807, 2.05) is 30.5 Å². The average Bonchev–Trinajstić information content (AvgIpc) is 2.81. The molecular formula is C16H18OS. The first kappa shape index (κ1) is 11.9. The Balaban J connectivity index is 1.96. The van der Waals surface area contributed by atoms with E-state index >= 15 is 0 Å². The third kappa shape index (κ3) is 2.00. The lowest BCUT2D eigenvalue weighted by Crippen LogP contribution is -2.22. The van der Waals surface area contributed by atoms with E-state index in [2.05, 4.69) is 18.2 Å². The molecule has 0 radical (unpaired) electrons. The Kier molecular flexibility index (Phi) is 3.00. The van der Waals surface area contributed by atoms with Crippen molar-refractivity contribution in [2.75, 3.05) is 0 Å². The zero-order valence-corrected chi connectivity index (χ0v) is 11.4. The number of benzene rings is 1. The van der Waals surface area contributed by atoms with Crippen LogP contribution in [-0.4, -0.2) is 5.11 Å². The van der Waals surface area contributed by atoms with Crippen molar-refractivity contribution < 1.29 is 5.11 Å². The molecule has 1 aromatic heterocycles. The van der Waals surface area contributed by atoms with Gasteiger partial charge in [0.05, 0.1) is 0 Å². The van der Waals surface area contributed by atoms with E-state index in [9.17, 15) is 5.11 Å². The van der Waals surface area contributed by atoms with Gasteiger partial charge in [-0.05, 0) is 48.3 Å². The van der Waals surface area contributed by atoms with Crippen molar-refractivity contribution in [3.8, 4) is 0 Å². The van der Waals surface area contributed by atoms with Gasteiger partial charge in [0, 0.05) is 4.88 Å². The molecule has 1 aliphatic carbocycles. The summed E-state index contributed by atoms with van der Waals surface area (Å²) in [5.41, 5.74) is 1.53. The van der Waals surface area contributed by atoms with Crippen LogP contribution in [-0.2, 0) is 5.60 Å². The first-order chi connectivity index (χ1) is 8.68. The Labute approximate surface area is 112 Å². The maximum Gasteiger partial charge on any atom is 0.121 e. The van der Waals surface area contributed by atoms with Gasteiger partial charge in [-0.2, -0.15) is 0 Å². The maximum atomic E-state index is 10.8. The van der Waals surface area contributed by atoms with Crippen LogP contribution in [0.3, 0.4) is 0 Å². The van der Waals surface area contributed by atoms with Crippen LogP contribution in [0.5, 0.6) is 0 Å². The fraction of sp³-hybridized carbons (Fsp3) is 0.375. The lowest BCUT2D eigenvalue weighted by Gasteiger charge is -2.28. The van der Waals surface area contributed by atoms with Gasteiger partial charge in [0.2, 0.25) is 0 Å². The molecule has 1 N–H and O–H groups in total. The highest BCUT2D eigenvalue weighted by molar-refractivity contribution is 7.10. The molecule has 1 fully saturated rings. The van der Waals surface area contributed by atoms with Crippen molar-refractivity contribution in [1.82, 2.24) is 0 Å². The van der Waals surface area contributed by atoms with Crippen molar-refractivity contribution in [2.24, 2.45) is 0 Å². The molecule has 1 saturated carbocycles. The molecule has 0 spiro atoms. The minimum absolute atomic E-state index is 0.712. The fourth-order valence-electron chi connectivity index (χ4n) is 2.53. The van der Waals surface area contributed by atoms with Crippen LogP contribution < -0.4 is 0 Å². The van der Waals surface area contributed by atoms with Crippen molar-refractivity contribution in [2.45, 2.75) is 37.7 Å². The lowest BCUT2D eigenvalue weighted by molar-refractivity contribution is 0.106. The number of aliphatic hydroxyl groups is 1. The van der Waals surface area contributed by atoms with Gasteiger partial charge in [-0.15, -0.1) is 11.3 Å². The van der Waals surface area contributed by atoms with Crippen molar-refractivity contribution in [1.29, 1.82) is 0 Å². The Morgan fingerprint density at radius 2 is 2.06 bits per heavy atom. The Morgan fingerprint density at radius 3 is 2.67 bits per heavy atom. The summed E-state index contributed by atoms with van der Waals surface area (Å²) >= 11 is 1.61.